The standard InChI is InChI=1S/C13H26N2O2.C2H6/c1-9(2)7-14-8-11-5-6-12(15-11)13(16)17-10(3)4;1-2/h9-12,14-15H,5-8H2,1-4H3;1-2H3. The van der Waals surface area contributed by atoms with E-state index in [1.165, 1.54) is 0 Å². The predicted octanol–water partition coefficient (Wildman–Crippen LogP) is 2.33. The van der Waals surface area contributed by atoms with E-state index in [1.54, 1.807) is 0 Å². The molecule has 1 fully saturated rings. The minimum atomic E-state index is -0.108. The van der Waals surface area contributed by atoms with E-state index in [0.717, 1.165) is 25.9 Å². The number of carbonyl (C=O) groups excluding carboxylic acids is 1. The highest BCUT2D eigenvalue weighted by molar-refractivity contribution is 5.76. The summed E-state index contributed by atoms with van der Waals surface area (Å²) in [6.07, 6.45) is 1.91. The minimum absolute atomic E-state index is 0.0255. The molecule has 0 aliphatic carbocycles. The first-order valence-corrected chi connectivity index (χ1v) is 7.66. The average Bonchev–Trinajstić information content (AvgIpc) is 2.79. The summed E-state index contributed by atoms with van der Waals surface area (Å²) in [7, 11) is 0. The summed E-state index contributed by atoms with van der Waals surface area (Å²) in [6.45, 7) is 14.1. The van der Waals surface area contributed by atoms with E-state index in [2.05, 4.69) is 24.5 Å². The fourth-order valence-electron chi connectivity index (χ4n) is 2.03. The molecule has 114 valence electrons. The van der Waals surface area contributed by atoms with Gasteiger partial charge in [0.25, 0.3) is 0 Å². The number of rotatable bonds is 6. The molecule has 1 rings (SSSR count). The Kier molecular flexibility index (Phi) is 9.88. The van der Waals surface area contributed by atoms with Gasteiger partial charge in [0.1, 0.15) is 6.04 Å². The van der Waals surface area contributed by atoms with Crippen molar-refractivity contribution in [3.63, 3.8) is 0 Å². The van der Waals surface area contributed by atoms with Crippen molar-refractivity contribution < 1.29 is 9.53 Å². The summed E-state index contributed by atoms with van der Waals surface area (Å²) >= 11 is 0. The Hall–Kier alpha value is -0.610. The van der Waals surface area contributed by atoms with Gasteiger partial charge >= 0.3 is 5.97 Å². The molecule has 19 heavy (non-hydrogen) atoms. The summed E-state index contributed by atoms with van der Waals surface area (Å²) in [6, 6.07) is 0.293. The monoisotopic (exact) mass is 272 g/mol. The zero-order valence-electron chi connectivity index (χ0n) is 13.5. The van der Waals surface area contributed by atoms with Crippen molar-refractivity contribution >= 4 is 5.97 Å². The third-order valence-corrected chi connectivity index (χ3v) is 2.82. The molecule has 0 aromatic rings. The van der Waals surface area contributed by atoms with E-state index in [9.17, 15) is 4.79 Å². The second-order valence-corrected chi connectivity index (χ2v) is 5.53. The second-order valence-electron chi connectivity index (χ2n) is 5.53. The Morgan fingerprint density at radius 1 is 1.26 bits per heavy atom. The molecule has 4 heteroatoms. The lowest BCUT2D eigenvalue weighted by Gasteiger charge is -2.16. The molecular formula is C15H32N2O2. The van der Waals surface area contributed by atoms with Gasteiger partial charge < -0.3 is 15.4 Å². The second kappa shape index (κ2) is 10.2. The quantitative estimate of drug-likeness (QED) is 0.729. The van der Waals surface area contributed by atoms with Crippen LogP contribution in [0.1, 0.15) is 54.4 Å². The van der Waals surface area contributed by atoms with Crippen molar-refractivity contribution in [3.8, 4) is 0 Å². The van der Waals surface area contributed by atoms with Crippen molar-refractivity contribution in [2.75, 3.05) is 13.1 Å². The maximum atomic E-state index is 11.7. The van der Waals surface area contributed by atoms with Crippen molar-refractivity contribution in [2.45, 2.75) is 72.6 Å². The van der Waals surface area contributed by atoms with Gasteiger partial charge in [-0.3, -0.25) is 4.79 Å². The van der Waals surface area contributed by atoms with Crippen LogP contribution in [-0.4, -0.2) is 37.2 Å². The van der Waals surface area contributed by atoms with Crippen LogP contribution in [0, 0.1) is 5.92 Å². The first kappa shape index (κ1) is 18.4. The molecule has 4 nitrogen and oxygen atoms in total. The van der Waals surface area contributed by atoms with Gasteiger partial charge in [0.15, 0.2) is 0 Å². The van der Waals surface area contributed by atoms with Crippen LogP contribution < -0.4 is 10.6 Å². The van der Waals surface area contributed by atoms with Crippen LogP contribution >= 0.6 is 0 Å². The Morgan fingerprint density at radius 2 is 1.89 bits per heavy atom. The first-order valence-electron chi connectivity index (χ1n) is 7.66. The number of nitrogens with one attached hydrogen (secondary N) is 2. The third-order valence-electron chi connectivity index (χ3n) is 2.82. The topological polar surface area (TPSA) is 50.4 Å². The molecule has 0 bridgehead atoms. The molecule has 1 aliphatic rings. The molecule has 0 amide bonds. The van der Waals surface area contributed by atoms with Crippen LogP contribution in [-0.2, 0) is 9.53 Å². The summed E-state index contributed by atoms with van der Waals surface area (Å²) in [4.78, 5) is 11.7. The molecule has 0 aromatic heterocycles. The van der Waals surface area contributed by atoms with Crippen molar-refractivity contribution in [1.29, 1.82) is 0 Å². The van der Waals surface area contributed by atoms with Crippen LogP contribution in [0.25, 0.3) is 0 Å². The third kappa shape index (κ3) is 8.22. The van der Waals surface area contributed by atoms with Crippen LogP contribution in [0.2, 0.25) is 0 Å². The lowest BCUT2D eigenvalue weighted by molar-refractivity contribution is -0.149. The molecule has 1 heterocycles. The number of ether oxygens (including phenoxy) is 1. The molecule has 0 radical (unpaired) electrons. The SMILES string of the molecule is CC.CC(C)CNCC1CCC(C(=O)OC(C)C)N1. The molecule has 0 spiro atoms. The highest BCUT2D eigenvalue weighted by atomic mass is 16.5. The van der Waals surface area contributed by atoms with E-state index in [0.29, 0.717) is 12.0 Å². The summed E-state index contributed by atoms with van der Waals surface area (Å²) in [5, 5.41) is 6.75. The number of hydrogen-bond acceptors (Lipinski definition) is 4. The molecule has 0 saturated carbocycles. The first-order chi connectivity index (χ1) is 8.99. The van der Waals surface area contributed by atoms with Gasteiger partial charge in [-0.1, -0.05) is 27.7 Å². The molecule has 1 aliphatic heterocycles. The highest BCUT2D eigenvalue weighted by Crippen LogP contribution is 2.13. The van der Waals surface area contributed by atoms with Crippen LogP contribution in [0.3, 0.4) is 0 Å². The Morgan fingerprint density at radius 3 is 2.42 bits per heavy atom. The number of esters is 1. The van der Waals surface area contributed by atoms with E-state index in [-0.39, 0.29) is 18.1 Å². The van der Waals surface area contributed by atoms with Gasteiger partial charge in [0.2, 0.25) is 0 Å². The Balaban J connectivity index is 0.00000154. The van der Waals surface area contributed by atoms with Crippen LogP contribution in [0.15, 0.2) is 0 Å². The summed E-state index contributed by atoms with van der Waals surface area (Å²) < 4.78 is 5.20. The van der Waals surface area contributed by atoms with Gasteiger partial charge in [-0.05, 0) is 39.2 Å². The largest absolute Gasteiger partial charge is 0.462 e. The van der Waals surface area contributed by atoms with Crippen LogP contribution in [0.5, 0.6) is 0 Å². The van der Waals surface area contributed by atoms with Gasteiger partial charge in [0, 0.05) is 12.6 Å². The maximum Gasteiger partial charge on any atom is 0.323 e. The fraction of sp³-hybridized carbons (Fsp3) is 0.933. The number of carbonyl (C=O) groups is 1. The van der Waals surface area contributed by atoms with E-state index in [1.807, 2.05) is 27.7 Å². The molecular weight excluding hydrogens is 240 g/mol. The molecule has 2 atom stereocenters. The maximum absolute atomic E-state index is 11.7. The summed E-state index contributed by atoms with van der Waals surface area (Å²) in [5.74, 6) is 0.560. The molecule has 0 aromatic carbocycles. The average molecular weight is 272 g/mol. The van der Waals surface area contributed by atoms with E-state index in [4.69, 9.17) is 4.74 Å². The van der Waals surface area contributed by atoms with Crippen LogP contribution in [0.4, 0.5) is 0 Å². The van der Waals surface area contributed by atoms with E-state index < -0.39 is 0 Å². The highest BCUT2D eigenvalue weighted by Gasteiger charge is 2.30. The lowest BCUT2D eigenvalue weighted by Crippen LogP contribution is -2.42. The van der Waals surface area contributed by atoms with Crippen molar-refractivity contribution in [2.24, 2.45) is 5.92 Å². The number of hydrogen-bond donors (Lipinski definition) is 2. The smallest absolute Gasteiger partial charge is 0.323 e. The van der Waals surface area contributed by atoms with Gasteiger partial charge in [-0.15, -0.1) is 0 Å². The molecule has 2 unspecified atom stereocenters. The van der Waals surface area contributed by atoms with Gasteiger partial charge in [0.05, 0.1) is 6.10 Å². The zero-order chi connectivity index (χ0) is 14.8. The Bertz CT molecular complexity index is 242. The van der Waals surface area contributed by atoms with Gasteiger partial charge in [-0.25, -0.2) is 0 Å². The summed E-state index contributed by atoms with van der Waals surface area (Å²) in [5.41, 5.74) is 0. The van der Waals surface area contributed by atoms with Gasteiger partial charge in [-0.2, -0.15) is 0 Å². The fourth-order valence-corrected chi connectivity index (χ4v) is 2.03. The lowest BCUT2D eigenvalue weighted by atomic mass is 10.2. The Labute approximate surface area is 118 Å². The van der Waals surface area contributed by atoms with Crippen molar-refractivity contribution in [1.82, 2.24) is 10.6 Å². The predicted molar refractivity (Wildman–Crippen MR) is 80.2 cm³/mol. The molecule has 2 N–H and O–H groups in total. The normalized spacial score (nSPS) is 22.3. The van der Waals surface area contributed by atoms with Crippen molar-refractivity contribution in [3.05, 3.63) is 0 Å². The minimum Gasteiger partial charge on any atom is -0.462 e. The molecule has 1 saturated heterocycles. The van der Waals surface area contributed by atoms with E-state index >= 15 is 0 Å². The zero-order valence-corrected chi connectivity index (χ0v) is 13.5.